The second kappa shape index (κ2) is 10.3. The van der Waals surface area contributed by atoms with E-state index in [1.807, 2.05) is 0 Å². The molecule has 0 saturated carbocycles. The minimum Gasteiger partial charge on any atom is -0.0651 e. The first-order valence-corrected chi connectivity index (χ1v) is 9.84. The molecule has 2 aromatic carbocycles. The quantitative estimate of drug-likeness (QED) is 0.423. The van der Waals surface area contributed by atoms with Crippen molar-refractivity contribution < 1.29 is 0 Å². The summed E-state index contributed by atoms with van der Waals surface area (Å²) < 4.78 is 0. The van der Waals surface area contributed by atoms with E-state index in [0.29, 0.717) is 5.92 Å². The first-order chi connectivity index (χ1) is 11.7. The highest BCUT2D eigenvalue weighted by atomic mass is 14.2. The topological polar surface area (TPSA) is 0 Å². The van der Waals surface area contributed by atoms with Crippen molar-refractivity contribution in [1.29, 1.82) is 0 Å². The molecule has 0 bridgehead atoms. The van der Waals surface area contributed by atoms with Crippen molar-refractivity contribution in [3.63, 3.8) is 0 Å². The van der Waals surface area contributed by atoms with Crippen molar-refractivity contribution in [2.75, 3.05) is 0 Å². The molecule has 2 aromatic rings. The molecule has 0 aliphatic carbocycles. The van der Waals surface area contributed by atoms with E-state index in [4.69, 9.17) is 0 Å². The molecule has 24 heavy (non-hydrogen) atoms. The Morgan fingerprint density at radius 3 is 1.71 bits per heavy atom. The second-order valence-corrected chi connectivity index (χ2v) is 7.26. The van der Waals surface area contributed by atoms with Crippen molar-refractivity contribution in [2.24, 2.45) is 5.92 Å². The van der Waals surface area contributed by atoms with Gasteiger partial charge in [0.25, 0.3) is 0 Å². The number of rotatable bonds is 10. The lowest BCUT2D eigenvalue weighted by molar-refractivity contribution is 0.380. The van der Waals surface area contributed by atoms with E-state index in [-0.39, 0.29) is 0 Å². The Balaban J connectivity index is 1.81. The Labute approximate surface area is 149 Å². The Bertz CT molecular complexity index is 543. The van der Waals surface area contributed by atoms with Crippen LogP contribution in [0.3, 0.4) is 0 Å². The molecule has 0 nitrogen and oxygen atoms in total. The standard InChI is InChI=1S/C24H34/c1-4-21(17-16-20(3)23-12-8-6-9-13-23)18-19-22(5-2)24-14-10-7-11-15-24/h6-15,20-22H,4-5,16-19H2,1-3H3. The summed E-state index contributed by atoms with van der Waals surface area (Å²) in [5.74, 6) is 2.28. The van der Waals surface area contributed by atoms with Gasteiger partial charge in [-0.15, -0.1) is 0 Å². The summed E-state index contributed by atoms with van der Waals surface area (Å²) in [7, 11) is 0. The molecular formula is C24H34. The van der Waals surface area contributed by atoms with Gasteiger partial charge in [0.15, 0.2) is 0 Å². The SMILES string of the molecule is CCC(CCC(C)c1ccccc1)CCC(CC)c1ccccc1. The van der Waals surface area contributed by atoms with Crippen molar-refractivity contribution in [2.45, 2.75) is 71.1 Å². The van der Waals surface area contributed by atoms with Gasteiger partial charge < -0.3 is 0 Å². The summed E-state index contributed by atoms with van der Waals surface area (Å²) in [6.45, 7) is 7.07. The Morgan fingerprint density at radius 2 is 1.17 bits per heavy atom. The molecule has 0 heteroatoms. The van der Waals surface area contributed by atoms with Crippen molar-refractivity contribution in [1.82, 2.24) is 0 Å². The monoisotopic (exact) mass is 322 g/mol. The van der Waals surface area contributed by atoms with E-state index in [9.17, 15) is 0 Å². The molecule has 0 aliphatic heterocycles. The first-order valence-electron chi connectivity index (χ1n) is 9.84. The van der Waals surface area contributed by atoms with Crippen molar-refractivity contribution >= 4 is 0 Å². The molecule has 0 saturated heterocycles. The van der Waals surface area contributed by atoms with Gasteiger partial charge in [-0.1, -0.05) is 87.9 Å². The van der Waals surface area contributed by atoms with Gasteiger partial charge in [-0.3, -0.25) is 0 Å². The lowest BCUT2D eigenvalue weighted by Gasteiger charge is -2.21. The Hall–Kier alpha value is -1.56. The minimum absolute atomic E-state index is 0.677. The van der Waals surface area contributed by atoms with E-state index in [0.717, 1.165) is 11.8 Å². The summed E-state index contributed by atoms with van der Waals surface area (Å²) in [4.78, 5) is 0. The zero-order chi connectivity index (χ0) is 17.2. The van der Waals surface area contributed by atoms with Gasteiger partial charge in [-0.25, -0.2) is 0 Å². The maximum absolute atomic E-state index is 2.38. The van der Waals surface area contributed by atoms with Crippen LogP contribution in [-0.2, 0) is 0 Å². The molecule has 0 spiro atoms. The zero-order valence-corrected chi connectivity index (χ0v) is 15.7. The van der Waals surface area contributed by atoms with E-state index in [2.05, 4.69) is 81.4 Å². The van der Waals surface area contributed by atoms with E-state index < -0.39 is 0 Å². The molecular weight excluding hydrogens is 288 g/mol. The van der Waals surface area contributed by atoms with E-state index >= 15 is 0 Å². The smallest absolute Gasteiger partial charge is 0.0164 e. The van der Waals surface area contributed by atoms with Crippen LogP contribution in [0.1, 0.15) is 82.3 Å². The molecule has 0 radical (unpaired) electrons. The van der Waals surface area contributed by atoms with Gasteiger partial charge in [0, 0.05) is 0 Å². The fourth-order valence-electron chi connectivity index (χ4n) is 3.76. The molecule has 2 rings (SSSR count). The molecule has 0 heterocycles. The molecule has 3 atom stereocenters. The summed E-state index contributed by atoms with van der Waals surface area (Å²) in [5.41, 5.74) is 3.01. The van der Waals surface area contributed by atoms with Gasteiger partial charge in [-0.05, 0) is 61.0 Å². The van der Waals surface area contributed by atoms with Gasteiger partial charge in [0.1, 0.15) is 0 Å². The summed E-state index contributed by atoms with van der Waals surface area (Å²) in [6, 6.07) is 22.0. The Kier molecular flexibility index (Phi) is 8.08. The van der Waals surface area contributed by atoms with Crippen molar-refractivity contribution in [3.05, 3.63) is 71.8 Å². The molecule has 0 N–H and O–H groups in total. The molecule has 3 unspecified atom stereocenters. The van der Waals surface area contributed by atoms with Gasteiger partial charge >= 0.3 is 0 Å². The fraction of sp³-hybridized carbons (Fsp3) is 0.500. The van der Waals surface area contributed by atoms with Gasteiger partial charge in [0.2, 0.25) is 0 Å². The number of hydrogen-bond donors (Lipinski definition) is 0. The fourth-order valence-corrected chi connectivity index (χ4v) is 3.76. The highest BCUT2D eigenvalue weighted by molar-refractivity contribution is 5.19. The molecule has 0 amide bonds. The van der Waals surface area contributed by atoms with Crippen LogP contribution in [-0.4, -0.2) is 0 Å². The lowest BCUT2D eigenvalue weighted by atomic mass is 9.84. The average Bonchev–Trinajstić information content (AvgIpc) is 2.66. The van der Waals surface area contributed by atoms with Crippen molar-refractivity contribution in [3.8, 4) is 0 Å². The second-order valence-electron chi connectivity index (χ2n) is 7.26. The highest BCUT2D eigenvalue weighted by Crippen LogP contribution is 2.31. The maximum Gasteiger partial charge on any atom is -0.0164 e. The van der Waals surface area contributed by atoms with Crippen LogP contribution < -0.4 is 0 Å². The predicted molar refractivity (Wildman–Crippen MR) is 107 cm³/mol. The summed E-state index contributed by atoms with van der Waals surface area (Å²) in [5, 5.41) is 0. The third-order valence-electron chi connectivity index (χ3n) is 5.64. The maximum atomic E-state index is 2.38. The third-order valence-corrected chi connectivity index (χ3v) is 5.64. The van der Waals surface area contributed by atoms with Crippen LogP contribution in [0.15, 0.2) is 60.7 Å². The van der Waals surface area contributed by atoms with Crippen LogP contribution in [0.25, 0.3) is 0 Å². The van der Waals surface area contributed by atoms with E-state index in [1.165, 1.54) is 49.7 Å². The van der Waals surface area contributed by atoms with Gasteiger partial charge in [0.05, 0.1) is 0 Å². The molecule has 0 aliphatic rings. The molecule has 130 valence electrons. The predicted octanol–water partition coefficient (Wildman–Crippen LogP) is 7.57. The number of hydrogen-bond acceptors (Lipinski definition) is 0. The van der Waals surface area contributed by atoms with Crippen LogP contribution in [0, 0.1) is 5.92 Å². The van der Waals surface area contributed by atoms with E-state index in [1.54, 1.807) is 0 Å². The molecule has 0 fully saturated rings. The van der Waals surface area contributed by atoms with Crippen LogP contribution >= 0.6 is 0 Å². The minimum atomic E-state index is 0.677. The van der Waals surface area contributed by atoms with Crippen LogP contribution in [0.4, 0.5) is 0 Å². The highest BCUT2D eigenvalue weighted by Gasteiger charge is 2.14. The molecule has 0 aromatic heterocycles. The summed E-state index contributed by atoms with van der Waals surface area (Å²) >= 11 is 0. The van der Waals surface area contributed by atoms with Crippen LogP contribution in [0.2, 0.25) is 0 Å². The zero-order valence-electron chi connectivity index (χ0n) is 15.7. The first kappa shape index (κ1) is 18.8. The lowest BCUT2D eigenvalue weighted by Crippen LogP contribution is -2.06. The normalized spacial score (nSPS) is 15.0. The third kappa shape index (κ3) is 5.82. The largest absolute Gasteiger partial charge is 0.0651 e. The Morgan fingerprint density at radius 1 is 0.625 bits per heavy atom. The average molecular weight is 323 g/mol. The van der Waals surface area contributed by atoms with Gasteiger partial charge in [-0.2, -0.15) is 0 Å². The summed E-state index contributed by atoms with van der Waals surface area (Å²) in [6.07, 6.45) is 7.93. The van der Waals surface area contributed by atoms with Crippen LogP contribution in [0.5, 0.6) is 0 Å². The number of benzene rings is 2.